The highest BCUT2D eigenvalue weighted by Gasteiger charge is 2.27. The summed E-state index contributed by atoms with van der Waals surface area (Å²) in [7, 11) is 4.25. The Balaban J connectivity index is 1.31. The number of rotatable bonds is 5. The van der Waals surface area contributed by atoms with Crippen molar-refractivity contribution in [2.24, 2.45) is 0 Å². The molecule has 0 aliphatic carbocycles. The zero-order valence-corrected chi connectivity index (χ0v) is 25.3. The molecular formula is C34H41N7O2. The van der Waals surface area contributed by atoms with E-state index >= 15 is 0 Å². The number of amides is 1. The van der Waals surface area contributed by atoms with E-state index in [-0.39, 0.29) is 5.91 Å². The molecule has 1 atom stereocenters. The van der Waals surface area contributed by atoms with Gasteiger partial charge in [0.25, 0.3) is 5.91 Å². The Bertz CT molecular complexity index is 1500. The molecule has 43 heavy (non-hydrogen) atoms. The van der Waals surface area contributed by atoms with Gasteiger partial charge in [-0.1, -0.05) is 30.2 Å². The fourth-order valence-corrected chi connectivity index (χ4v) is 5.44. The zero-order chi connectivity index (χ0) is 30.0. The summed E-state index contributed by atoms with van der Waals surface area (Å²) >= 11 is 0. The van der Waals surface area contributed by atoms with Crippen LogP contribution in [0.2, 0.25) is 0 Å². The SMILES string of the molecule is CC#CC(=O)N1CCC(N(C)CCNc2cc3cc(c2)Nc2nccc(n2)-c2cccc(c2)OCC/C=C/CN(C)C3)C1. The Morgan fingerprint density at radius 1 is 1.21 bits per heavy atom. The van der Waals surface area contributed by atoms with Crippen LogP contribution in [0.4, 0.5) is 17.3 Å². The van der Waals surface area contributed by atoms with Crippen molar-refractivity contribution in [3.05, 3.63) is 72.4 Å². The highest BCUT2D eigenvalue weighted by Crippen LogP contribution is 2.26. The molecule has 224 valence electrons. The number of carbonyl (C=O) groups is 1. The van der Waals surface area contributed by atoms with E-state index in [1.54, 1.807) is 13.1 Å². The monoisotopic (exact) mass is 579 g/mol. The first kappa shape index (κ1) is 30.1. The summed E-state index contributed by atoms with van der Waals surface area (Å²) in [4.78, 5) is 27.9. The van der Waals surface area contributed by atoms with E-state index in [4.69, 9.17) is 9.72 Å². The number of aromatic nitrogens is 2. The molecule has 1 amide bonds. The second-order valence-electron chi connectivity index (χ2n) is 11.1. The van der Waals surface area contributed by atoms with Gasteiger partial charge in [-0.25, -0.2) is 9.97 Å². The second-order valence-corrected chi connectivity index (χ2v) is 11.1. The zero-order valence-electron chi connectivity index (χ0n) is 25.3. The van der Waals surface area contributed by atoms with E-state index in [1.165, 1.54) is 5.56 Å². The van der Waals surface area contributed by atoms with Crippen molar-refractivity contribution in [1.29, 1.82) is 0 Å². The van der Waals surface area contributed by atoms with Crippen LogP contribution in [-0.4, -0.2) is 90.0 Å². The summed E-state index contributed by atoms with van der Waals surface area (Å²) in [5.41, 5.74) is 4.96. The standard InChI is InChI=1S/C34H41N7O2/c1-4-9-33(42)41-17-13-30(25-41)40(3)18-15-35-28-20-26-21-29(23-28)37-34-36-14-12-32(38-34)27-10-8-11-31(22-27)43-19-7-5-6-16-39(2)24-26/h5-6,8,10-12,14,20-23,30,35H,7,13,15-19,24-25H2,1-3H3,(H,36,37,38)/b6-5+. The quantitative estimate of drug-likeness (QED) is 0.335. The number of hydrogen-bond acceptors (Lipinski definition) is 8. The van der Waals surface area contributed by atoms with Crippen LogP contribution in [0.15, 0.2) is 66.9 Å². The number of carbonyl (C=O) groups excluding carboxylic acids is 1. The van der Waals surface area contributed by atoms with E-state index in [1.807, 2.05) is 35.2 Å². The minimum absolute atomic E-state index is 0.0749. The highest BCUT2D eigenvalue weighted by atomic mass is 16.5. The van der Waals surface area contributed by atoms with Crippen LogP contribution < -0.4 is 15.4 Å². The molecule has 9 nitrogen and oxygen atoms in total. The molecule has 2 N–H and O–H groups in total. The van der Waals surface area contributed by atoms with E-state index < -0.39 is 0 Å². The summed E-state index contributed by atoms with van der Waals surface area (Å²) in [6.07, 6.45) is 7.97. The van der Waals surface area contributed by atoms with E-state index in [9.17, 15) is 4.79 Å². The number of nitrogens with one attached hydrogen (secondary N) is 2. The summed E-state index contributed by atoms with van der Waals surface area (Å²) in [6, 6.07) is 16.7. The Hall–Kier alpha value is -4.39. The third kappa shape index (κ3) is 8.57. The van der Waals surface area contributed by atoms with Gasteiger partial charge in [0.05, 0.1) is 12.3 Å². The molecule has 2 aromatic carbocycles. The fourth-order valence-electron chi connectivity index (χ4n) is 5.44. The second kappa shape index (κ2) is 14.7. The van der Waals surface area contributed by atoms with Crippen LogP contribution in [0.3, 0.4) is 0 Å². The summed E-state index contributed by atoms with van der Waals surface area (Å²) < 4.78 is 5.98. The molecule has 1 unspecified atom stereocenters. The van der Waals surface area contributed by atoms with Gasteiger partial charge in [0, 0.05) is 68.4 Å². The number of benzene rings is 2. The third-order valence-corrected chi connectivity index (χ3v) is 7.72. The van der Waals surface area contributed by atoms with Crippen molar-refractivity contribution in [2.75, 3.05) is 64.1 Å². The van der Waals surface area contributed by atoms with Crippen molar-refractivity contribution in [3.8, 4) is 28.8 Å². The van der Waals surface area contributed by atoms with Gasteiger partial charge >= 0.3 is 0 Å². The molecule has 0 spiro atoms. The van der Waals surface area contributed by atoms with Gasteiger partial charge in [-0.3, -0.25) is 14.6 Å². The van der Waals surface area contributed by atoms with Crippen molar-refractivity contribution >= 4 is 23.2 Å². The summed E-state index contributed by atoms with van der Waals surface area (Å²) in [5.74, 6) is 6.67. The molecule has 1 saturated heterocycles. The average molecular weight is 580 g/mol. The predicted octanol–water partition coefficient (Wildman–Crippen LogP) is 4.63. The van der Waals surface area contributed by atoms with Crippen LogP contribution in [0, 0.1) is 11.8 Å². The van der Waals surface area contributed by atoms with Crippen molar-refractivity contribution in [1.82, 2.24) is 24.7 Å². The lowest BCUT2D eigenvalue weighted by Gasteiger charge is -2.24. The largest absolute Gasteiger partial charge is 0.493 e. The molecular weight excluding hydrogens is 538 g/mol. The number of likely N-dealkylation sites (N-methyl/N-ethyl adjacent to an activating group) is 2. The molecule has 3 aromatic rings. The number of ether oxygens (including phenoxy) is 1. The fraction of sp³-hybridized carbons (Fsp3) is 0.382. The average Bonchev–Trinajstić information content (AvgIpc) is 3.50. The first-order chi connectivity index (χ1) is 21.0. The molecule has 5 rings (SSSR count). The van der Waals surface area contributed by atoms with E-state index in [2.05, 4.69) is 81.7 Å². The maximum Gasteiger partial charge on any atom is 0.298 e. The number of likely N-dealkylation sites (tertiary alicyclic amines) is 1. The molecule has 0 radical (unpaired) electrons. The molecule has 2 aliphatic rings. The van der Waals surface area contributed by atoms with Gasteiger partial charge in [0.1, 0.15) is 5.75 Å². The molecule has 6 bridgehead atoms. The number of fused-ring (bicyclic) bond motifs is 7. The number of anilines is 3. The minimum Gasteiger partial charge on any atom is -0.493 e. The molecule has 9 heteroatoms. The molecule has 1 fully saturated rings. The van der Waals surface area contributed by atoms with Crippen molar-refractivity contribution in [2.45, 2.75) is 32.4 Å². The summed E-state index contributed by atoms with van der Waals surface area (Å²) in [6.45, 7) is 7.09. The Morgan fingerprint density at radius 3 is 3.00 bits per heavy atom. The number of hydrogen-bond donors (Lipinski definition) is 2. The molecule has 3 heterocycles. The van der Waals surface area contributed by atoms with Gasteiger partial charge in [-0.05, 0) is 81.7 Å². The lowest BCUT2D eigenvalue weighted by atomic mass is 10.1. The lowest BCUT2D eigenvalue weighted by molar-refractivity contribution is -0.124. The maximum atomic E-state index is 12.2. The first-order valence-electron chi connectivity index (χ1n) is 14.9. The van der Waals surface area contributed by atoms with Crippen molar-refractivity contribution < 1.29 is 9.53 Å². The Labute approximate surface area is 255 Å². The maximum absolute atomic E-state index is 12.2. The molecule has 2 aliphatic heterocycles. The highest BCUT2D eigenvalue weighted by molar-refractivity contribution is 5.93. The van der Waals surface area contributed by atoms with Gasteiger partial charge in [-0.15, -0.1) is 0 Å². The van der Waals surface area contributed by atoms with Gasteiger partial charge in [0.2, 0.25) is 5.95 Å². The molecule has 0 saturated carbocycles. The summed E-state index contributed by atoms with van der Waals surface area (Å²) in [5, 5.41) is 7.06. The van der Waals surface area contributed by atoms with Crippen molar-refractivity contribution in [3.63, 3.8) is 0 Å². The van der Waals surface area contributed by atoms with Crippen LogP contribution in [0.1, 0.15) is 25.3 Å². The minimum atomic E-state index is -0.0749. The normalized spacial score (nSPS) is 18.0. The molecule has 1 aromatic heterocycles. The van der Waals surface area contributed by atoms with Gasteiger partial charge < -0.3 is 20.3 Å². The first-order valence-corrected chi connectivity index (χ1v) is 14.9. The lowest BCUT2D eigenvalue weighted by Crippen LogP contribution is -2.38. The van der Waals surface area contributed by atoms with Gasteiger partial charge in [-0.2, -0.15) is 0 Å². The van der Waals surface area contributed by atoms with Crippen LogP contribution in [-0.2, 0) is 11.3 Å². The van der Waals surface area contributed by atoms with Gasteiger partial charge in [0.15, 0.2) is 0 Å². The van der Waals surface area contributed by atoms with Crippen LogP contribution in [0.5, 0.6) is 5.75 Å². The van der Waals surface area contributed by atoms with E-state index in [0.717, 1.165) is 80.5 Å². The smallest absolute Gasteiger partial charge is 0.298 e. The Morgan fingerprint density at radius 2 is 2.12 bits per heavy atom. The topological polar surface area (TPSA) is 85.9 Å². The third-order valence-electron chi connectivity index (χ3n) is 7.72. The number of nitrogens with zero attached hydrogens (tertiary/aromatic N) is 5. The van der Waals surface area contributed by atoms with Crippen LogP contribution in [0.25, 0.3) is 11.3 Å². The Kier molecular flexibility index (Phi) is 10.3. The van der Waals surface area contributed by atoms with E-state index in [0.29, 0.717) is 18.6 Å². The predicted molar refractivity (Wildman–Crippen MR) is 172 cm³/mol. The van der Waals surface area contributed by atoms with Crippen LogP contribution >= 0.6 is 0 Å².